The summed E-state index contributed by atoms with van der Waals surface area (Å²) in [5.74, 6) is 0. The highest BCUT2D eigenvalue weighted by Crippen LogP contribution is 2.19. The Morgan fingerprint density at radius 1 is 1.14 bits per heavy atom. The first-order chi connectivity index (χ1) is 9.79. The molecule has 0 saturated heterocycles. The van der Waals surface area contributed by atoms with Gasteiger partial charge in [0, 0.05) is 23.0 Å². The van der Waals surface area contributed by atoms with Crippen LogP contribution in [0, 0.1) is 10.8 Å². The molecular weight excluding hydrogens is 283 g/mol. The number of alkyl halides is 3. The van der Waals surface area contributed by atoms with E-state index in [-0.39, 0.29) is 11.3 Å². The number of halogens is 3. The molecule has 0 aliphatic rings. The first-order valence-corrected chi connectivity index (χ1v) is 5.69. The summed E-state index contributed by atoms with van der Waals surface area (Å²) < 4.78 is 36.2. The number of anilines is 1. The predicted molar refractivity (Wildman–Crippen MR) is 76.1 cm³/mol. The van der Waals surface area contributed by atoms with Crippen LogP contribution >= 0.6 is 0 Å². The van der Waals surface area contributed by atoms with Crippen LogP contribution in [0.5, 0.6) is 0 Å². The molecule has 0 radical (unpaired) electrons. The fraction of sp³-hybridized carbons (Fsp3) is 0.0714. The highest BCUT2D eigenvalue weighted by atomic mass is 19.4. The maximum Gasteiger partial charge on any atom is 0.432 e. The van der Waals surface area contributed by atoms with Gasteiger partial charge < -0.3 is 11.1 Å². The van der Waals surface area contributed by atoms with E-state index in [0.717, 1.165) is 12.3 Å². The molecule has 7 heteroatoms. The van der Waals surface area contributed by atoms with Gasteiger partial charge in [-0.25, -0.2) is 0 Å². The van der Waals surface area contributed by atoms with E-state index in [2.05, 4.69) is 0 Å². The minimum Gasteiger partial charge on any atom is -0.398 e. The van der Waals surface area contributed by atoms with E-state index < -0.39 is 11.9 Å². The van der Waals surface area contributed by atoms with Crippen LogP contribution < -0.4 is 5.73 Å². The molecule has 0 spiro atoms. The third-order valence-corrected chi connectivity index (χ3v) is 2.53. The molecule has 0 saturated carbocycles. The van der Waals surface area contributed by atoms with Crippen LogP contribution in [0.1, 0.15) is 21.5 Å². The summed E-state index contributed by atoms with van der Waals surface area (Å²) in [5.41, 5.74) is 5.48. The largest absolute Gasteiger partial charge is 0.432 e. The molecule has 4 nitrogen and oxygen atoms in total. The molecular formula is C14H12F3N3O. The quantitative estimate of drug-likeness (QED) is 0.337. The monoisotopic (exact) mass is 295 g/mol. The fourth-order valence-corrected chi connectivity index (χ4v) is 1.45. The fourth-order valence-electron chi connectivity index (χ4n) is 1.45. The molecule has 110 valence electrons. The van der Waals surface area contributed by atoms with Crippen LogP contribution in [0.15, 0.2) is 30.4 Å². The van der Waals surface area contributed by atoms with Gasteiger partial charge in [-0.3, -0.25) is 10.2 Å². The first kappa shape index (κ1) is 16.4. The molecule has 0 unspecified atom stereocenters. The lowest BCUT2D eigenvalue weighted by molar-refractivity contribution is -0.0584. The molecule has 1 rings (SSSR count). The Labute approximate surface area is 118 Å². The number of nitrogen functional groups attached to an aromatic ring is 1. The van der Waals surface area contributed by atoms with E-state index in [1.165, 1.54) is 24.3 Å². The van der Waals surface area contributed by atoms with Crippen molar-refractivity contribution in [1.82, 2.24) is 0 Å². The second kappa shape index (κ2) is 6.65. The normalized spacial score (nSPS) is 12.0. The summed E-state index contributed by atoms with van der Waals surface area (Å²) in [5, 5.41) is 13.9. The number of carbonyl (C=O) groups is 1. The van der Waals surface area contributed by atoms with Gasteiger partial charge in [0.1, 0.15) is 5.71 Å². The summed E-state index contributed by atoms with van der Waals surface area (Å²) in [6.07, 6.45) is 1.20. The van der Waals surface area contributed by atoms with Gasteiger partial charge in [-0.1, -0.05) is 18.2 Å². The van der Waals surface area contributed by atoms with Gasteiger partial charge in [-0.15, -0.1) is 0 Å². The Morgan fingerprint density at radius 3 is 2.33 bits per heavy atom. The van der Waals surface area contributed by atoms with Crippen LogP contribution in [0.3, 0.4) is 0 Å². The van der Waals surface area contributed by atoms with Gasteiger partial charge in [0.2, 0.25) is 0 Å². The van der Waals surface area contributed by atoms with Gasteiger partial charge >= 0.3 is 6.18 Å². The summed E-state index contributed by atoms with van der Waals surface area (Å²) in [6, 6.07) is 2.86. The van der Waals surface area contributed by atoms with Crippen LogP contribution in [0.2, 0.25) is 0 Å². The number of benzene rings is 1. The van der Waals surface area contributed by atoms with Crippen molar-refractivity contribution < 1.29 is 18.0 Å². The summed E-state index contributed by atoms with van der Waals surface area (Å²) >= 11 is 0. The lowest BCUT2D eigenvalue weighted by atomic mass is 10.0. The van der Waals surface area contributed by atoms with Crippen molar-refractivity contribution in [2.75, 3.05) is 5.73 Å². The van der Waals surface area contributed by atoms with E-state index in [9.17, 15) is 18.0 Å². The first-order valence-electron chi connectivity index (χ1n) is 5.69. The molecule has 0 atom stereocenters. The van der Waals surface area contributed by atoms with Crippen molar-refractivity contribution in [3.63, 3.8) is 0 Å². The van der Waals surface area contributed by atoms with Crippen molar-refractivity contribution in [3.05, 3.63) is 47.1 Å². The molecule has 0 aromatic heterocycles. The third-order valence-electron chi connectivity index (χ3n) is 2.53. The zero-order valence-corrected chi connectivity index (χ0v) is 10.7. The van der Waals surface area contributed by atoms with Crippen molar-refractivity contribution in [1.29, 1.82) is 10.8 Å². The number of hydrogen-bond acceptors (Lipinski definition) is 4. The van der Waals surface area contributed by atoms with Gasteiger partial charge in [-0.05, 0) is 23.8 Å². The second-order valence-electron chi connectivity index (χ2n) is 4.00. The highest BCUT2D eigenvalue weighted by Gasteiger charge is 2.31. The molecule has 4 N–H and O–H groups in total. The predicted octanol–water partition coefficient (Wildman–Crippen LogP) is 3.23. The summed E-state index contributed by atoms with van der Waals surface area (Å²) in [4.78, 5) is 10.9. The zero-order chi connectivity index (χ0) is 16.0. The molecule has 0 fully saturated rings. The summed E-state index contributed by atoms with van der Waals surface area (Å²) in [7, 11) is 0. The Kier molecular flexibility index (Phi) is 5.18. The van der Waals surface area contributed by atoms with Crippen molar-refractivity contribution >= 4 is 30.0 Å². The number of allylic oxidation sites excluding steroid dienone is 3. The van der Waals surface area contributed by atoms with Crippen molar-refractivity contribution in [3.8, 4) is 0 Å². The van der Waals surface area contributed by atoms with Crippen LogP contribution in [0.4, 0.5) is 18.9 Å². The van der Waals surface area contributed by atoms with Gasteiger partial charge in [0.25, 0.3) is 0 Å². The molecule has 0 aliphatic heterocycles. The number of hydrogen-bond donors (Lipinski definition) is 3. The maximum absolute atomic E-state index is 12.1. The van der Waals surface area contributed by atoms with Gasteiger partial charge in [0.15, 0.2) is 6.29 Å². The van der Waals surface area contributed by atoms with Crippen molar-refractivity contribution in [2.24, 2.45) is 0 Å². The lowest BCUT2D eigenvalue weighted by Crippen LogP contribution is -2.18. The number of carbonyl (C=O) groups excluding carboxylic acids is 1. The Morgan fingerprint density at radius 2 is 1.81 bits per heavy atom. The topological polar surface area (TPSA) is 90.8 Å². The van der Waals surface area contributed by atoms with E-state index >= 15 is 0 Å². The van der Waals surface area contributed by atoms with E-state index in [4.69, 9.17) is 16.6 Å². The maximum atomic E-state index is 12.1. The summed E-state index contributed by atoms with van der Waals surface area (Å²) in [6.45, 7) is 0. The highest BCUT2D eigenvalue weighted by molar-refractivity contribution is 5.97. The average molecular weight is 295 g/mol. The number of aldehydes is 1. The number of nitrogens with one attached hydrogen (secondary N) is 2. The molecule has 0 heterocycles. The minimum absolute atomic E-state index is 0.258. The second-order valence-corrected chi connectivity index (χ2v) is 4.00. The van der Waals surface area contributed by atoms with Gasteiger partial charge in [-0.2, -0.15) is 13.2 Å². The van der Waals surface area contributed by atoms with Crippen LogP contribution in [0.25, 0.3) is 6.08 Å². The third kappa shape index (κ3) is 4.41. The molecule has 0 bridgehead atoms. The molecule has 1 aromatic carbocycles. The molecule has 0 amide bonds. The number of nitrogens with two attached hydrogens (primary N) is 1. The lowest BCUT2D eigenvalue weighted by Gasteiger charge is -2.04. The Hall–Kier alpha value is -2.70. The average Bonchev–Trinajstić information content (AvgIpc) is 2.42. The molecule has 0 aliphatic carbocycles. The minimum atomic E-state index is -4.69. The molecule has 1 aromatic rings. The smallest absolute Gasteiger partial charge is 0.398 e. The van der Waals surface area contributed by atoms with Crippen molar-refractivity contribution in [2.45, 2.75) is 6.18 Å². The van der Waals surface area contributed by atoms with Gasteiger partial charge in [0.05, 0.1) is 0 Å². The van der Waals surface area contributed by atoms with Crippen LogP contribution in [-0.4, -0.2) is 24.4 Å². The standard InChI is InChI=1S/C14H12F3N3O/c15-14(16,17)13(20)4-2-1-3-9-5-10(7-18)12(19)6-11(9)8-21/h1-8,18,20H,19H2/b3-1+,4-2-,18-7?,20-13?. The Balaban J connectivity index is 3.00. The number of rotatable bonds is 5. The zero-order valence-electron chi connectivity index (χ0n) is 10.7. The van der Waals surface area contributed by atoms with E-state index in [0.29, 0.717) is 23.5 Å². The Bertz CT molecular complexity index is 631. The van der Waals surface area contributed by atoms with Crippen LogP contribution in [-0.2, 0) is 0 Å². The SMILES string of the molecule is N=Cc1cc(/C=C/C=C\C(=N)C(F)(F)F)c(C=O)cc1N. The van der Waals surface area contributed by atoms with E-state index in [1.54, 1.807) is 0 Å². The van der Waals surface area contributed by atoms with E-state index in [1.807, 2.05) is 0 Å². The molecule has 21 heavy (non-hydrogen) atoms.